The summed E-state index contributed by atoms with van der Waals surface area (Å²) in [6.07, 6.45) is 3.56. The molecule has 0 aromatic heterocycles. The van der Waals surface area contributed by atoms with Crippen molar-refractivity contribution in [3.05, 3.63) is 35.9 Å². The van der Waals surface area contributed by atoms with E-state index in [1.807, 2.05) is 0 Å². The second-order valence-corrected chi connectivity index (χ2v) is 4.55. The van der Waals surface area contributed by atoms with Gasteiger partial charge >= 0.3 is 0 Å². The number of rotatable bonds is 9. The maximum absolute atomic E-state index is 5.02. The summed E-state index contributed by atoms with van der Waals surface area (Å²) in [6, 6.07) is 10.7. The van der Waals surface area contributed by atoms with E-state index in [1.165, 1.54) is 18.4 Å². The molecule has 2 nitrogen and oxygen atoms in total. The van der Waals surface area contributed by atoms with Gasteiger partial charge < -0.3 is 10.1 Å². The van der Waals surface area contributed by atoms with Gasteiger partial charge in [-0.05, 0) is 43.8 Å². The molecule has 0 heterocycles. The highest BCUT2D eigenvalue weighted by Gasteiger charge is 2.03. The van der Waals surface area contributed by atoms with E-state index >= 15 is 0 Å². The second-order valence-electron chi connectivity index (χ2n) is 4.55. The highest BCUT2D eigenvalue weighted by atomic mass is 16.5. The molecule has 0 aliphatic heterocycles. The van der Waals surface area contributed by atoms with Crippen LogP contribution in [0.4, 0.5) is 0 Å². The van der Waals surface area contributed by atoms with E-state index in [0.29, 0.717) is 5.92 Å². The van der Waals surface area contributed by atoms with Crippen LogP contribution in [0.15, 0.2) is 30.3 Å². The van der Waals surface area contributed by atoms with E-state index in [1.54, 1.807) is 7.11 Å². The van der Waals surface area contributed by atoms with Crippen molar-refractivity contribution in [1.82, 2.24) is 5.32 Å². The zero-order valence-electron chi connectivity index (χ0n) is 11.1. The zero-order chi connectivity index (χ0) is 12.3. The van der Waals surface area contributed by atoms with Crippen LogP contribution in [-0.2, 0) is 4.74 Å². The molecule has 2 heteroatoms. The minimum Gasteiger partial charge on any atom is -0.385 e. The minimum atomic E-state index is 0.641. The Morgan fingerprint density at radius 3 is 2.59 bits per heavy atom. The van der Waals surface area contributed by atoms with Crippen molar-refractivity contribution in [1.29, 1.82) is 0 Å². The molecular weight excluding hydrogens is 210 g/mol. The molecule has 96 valence electrons. The summed E-state index contributed by atoms with van der Waals surface area (Å²) >= 11 is 0. The third-order valence-corrected chi connectivity index (χ3v) is 3.07. The van der Waals surface area contributed by atoms with Gasteiger partial charge in [-0.3, -0.25) is 0 Å². The van der Waals surface area contributed by atoms with Crippen LogP contribution in [0.25, 0.3) is 0 Å². The third kappa shape index (κ3) is 6.44. The molecule has 0 aliphatic carbocycles. The van der Waals surface area contributed by atoms with Crippen molar-refractivity contribution >= 4 is 0 Å². The predicted molar refractivity (Wildman–Crippen MR) is 73.5 cm³/mol. The standard InChI is InChI=1S/C15H25NO/c1-14(15-8-4-3-5-9-15)10-12-16-11-6-7-13-17-2/h3-5,8-9,14,16H,6-7,10-13H2,1-2H3. The van der Waals surface area contributed by atoms with Gasteiger partial charge in [0.2, 0.25) is 0 Å². The average molecular weight is 235 g/mol. The first kappa shape index (κ1) is 14.2. The molecule has 17 heavy (non-hydrogen) atoms. The normalized spacial score (nSPS) is 12.6. The maximum Gasteiger partial charge on any atom is 0.0462 e. The van der Waals surface area contributed by atoms with Gasteiger partial charge in [-0.25, -0.2) is 0 Å². The zero-order valence-corrected chi connectivity index (χ0v) is 11.1. The lowest BCUT2D eigenvalue weighted by molar-refractivity contribution is 0.192. The first-order valence-electron chi connectivity index (χ1n) is 6.59. The van der Waals surface area contributed by atoms with Gasteiger partial charge in [0.15, 0.2) is 0 Å². The monoisotopic (exact) mass is 235 g/mol. The Hall–Kier alpha value is -0.860. The van der Waals surface area contributed by atoms with Crippen LogP contribution >= 0.6 is 0 Å². The molecule has 0 saturated heterocycles. The lowest BCUT2D eigenvalue weighted by Gasteiger charge is -2.12. The van der Waals surface area contributed by atoms with Crippen LogP contribution in [-0.4, -0.2) is 26.8 Å². The molecular formula is C15H25NO. The van der Waals surface area contributed by atoms with Gasteiger partial charge in [-0.2, -0.15) is 0 Å². The number of nitrogens with one attached hydrogen (secondary N) is 1. The summed E-state index contributed by atoms with van der Waals surface area (Å²) < 4.78 is 5.02. The molecule has 1 N–H and O–H groups in total. The molecule has 0 fully saturated rings. The number of methoxy groups -OCH3 is 1. The first-order chi connectivity index (χ1) is 8.34. The van der Waals surface area contributed by atoms with Gasteiger partial charge in [0.05, 0.1) is 0 Å². The third-order valence-electron chi connectivity index (χ3n) is 3.07. The van der Waals surface area contributed by atoms with Crippen LogP contribution in [0.5, 0.6) is 0 Å². The minimum absolute atomic E-state index is 0.641. The van der Waals surface area contributed by atoms with Crippen molar-refractivity contribution in [3.8, 4) is 0 Å². The number of hydrogen-bond donors (Lipinski definition) is 1. The fourth-order valence-electron chi connectivity index (χ4n) is 1.89. The molecule has 0 amide bonds. The summed E-state index contributed by atoms with van der Waals surface area (Å²) in [4.78, 5) is 0. The summed E-state index contributed by atoms with van der Waals surface area (Å²) in [7, 11) is 1.76. The fraction of sp³-hybridized carbons (Fsp3) is 0.600. The smallest absolute Gasteiger partial charge is 0.0462 e. The van der Waals surface area contributed by atoms with Crippen LogP contribution in [0.3, 0.4) is 0 Å². The van der Waals surface area contributed by atoms with E-state index in [2.05, 4.69) is 42.6 Å². The number of hydrogen-bond acceptors (Lipinski definition) is 2. The van der Waals surface area contributed by atoms with Gasteiger partial charge in [-0.15, -0.1) is 0 Å². The molecule has 0 radical (unpaired) electrons. The highest BCUT2D eigenvalue weighted by molar-refractivity contribution is 5.18. The predicted octanol–water partition coefficient (Wildman–Crippen LogP) is 3.20. The molecule has 1 aromatic carbocycles. The molecule has 0 saturated carbocycles. The molecule has 1 unspecified atom stereocenters. The number of ether oxygens (including phenoxy) is 1. The molecule has 1 atom stereocenters. The Morgan fingerprint density at radius 2 is 1.88 bits per heavy atom. The average Bonchev–Trinajstić information content (AvgIpc) is 2.38. The number of unbranched alkanes of at least 4 members (excludes halogenated alkanes) is 1. The van der Waals surface area contributed by atoms with Crippen molar-refractivity contribution < 1.29 is 4.74 Å². The van der Waals surface area contributed by atoms with E-state index in [4.69, 9.17) is 4.74 Å². The van der Waals surface area contributed by atoms with E-state index < -0.39 is 0 Å². The SMILES string of the molecule is COCCCCNCCC(C)c1ccccc1. The topological polar surface area (TPSA) is 21.3 Å². The van der Waals surface area contributed by atoms with E-state index in [0.717, 1.165) is 26.1 Å². The first-order valence-corrected chi connectivity index (χ1v) is 6.59. The van der Waals surface area contributed by atoms with Gasteiger partial charge in [0.25, 0.3) is 0 Å². The Kier molecular flexibility index (Phi) is 7.69. The number of benzene rings is 1. The van der Waals surface area contributed by atoms with Crippen LogP contribution in [0, 0.1) is 0 Å². The van der Waals surface area contributed by atoms with Crippen LogP contribution in [0.2, 0.25) is 0 Å². The highest BCUT2D eigenvalue weighted by Crippen LogP contribution is 2.17. The van der Waals surface area contributed by atoms with Gasteiger partial charge in [0.1, 0.15) is 0 Å². The van der Waals surface area contributed by atoms with Crippen LogP contribution < -0.4 is 5.32 Å². The lowest BCUT2D eigenvalue weighted by Crippen LogP contribution is -2.18. The lowest BCUT2D eigenvalue weighted by atomic mass is 9.98. The largest absolute Gasteiger partial charge is 0.385 e. The van der Waals surface area contributed by atoms with Crippen LogP contribution in [0.1, 0.15) is 37.7 Å². The summed E-state index contributed by atoms with van der Waals surface area (Å²) in [5, 5.41) is 3.49. The van der Waals surface area contributed by atoms with E-state index in [-0.39, 0.29) is 0 Å². The molecule has 0 spiro atoms. The Labute approximate surface area is 105 Å². The summed E-state index contributed by atoms with van der Waals surface area (Å²) in [5.41, 5.74) is 1.44. The van der Waals surface area contributed by atoms with Gasteiger partial charge in [-0.1, -0.05) is 37.3 Å². The summed E-state index contributed by atoms with van der Waals surface area (Å²) in [5.74, 6) is 0.641. The van der Waals surface area contributed by atoms with Crippen molar-refractivity contribution in [2.75, 3.05) is 26.8 Å². The van der Waals surface area contributed by atoms with Gasteiger partial charge in [0, 0.05) is 13.7 Å². The Balaban J connectivity index is 2.03. The Bertz CT molecular complexity index is 274. The summed E-state index contributed by atoms with van der Waals surface area (Å²) in [6.45, 7) is 5.37. The second kappa shape index (κ2) is 9.20. The maximum atomic E-state index is 5.02. The Morgan fingerprint density at radius 1 is 1.12 bits per heavy atom. The van der Waals surface area contributed by atoms with Crippen molar-refractivity contribution in [2.24, 2.45) is 0 Å². The van der Waals surface area contributed by atoms with Crippen molar-refractivity contribution in [3.63, 3.8) is 0 Å². The fourth-order valence-corrected chi connectivity index (χ4v) is 1.89. The van der Waals surface area contributed by atoms with Crippen molar-refractivity contribution in [2.45, 2.75) is 32.1 Å². The quantitative estimate of drug-likeness (QED) is 0.664. The molecule has 1 aromatic rings. The van der Waals surface area contributed by atoms with E-state index in [9.17, 15) is 0 Å². The molecule has 0 aliphatic rings. The molecule has 1 rings (SSSR count). The molecule has 0 bridgehead atoms.